The Morgan fingerprint density at radius 2 is 2.00 bits per heavy atom. The standard InChI is InChI=1S/C24H24N8O3/c1-24(14-7-3-2-4-8-14,22(34)27-16-9-5-10-17(16)33)32-21-15(13-26-32)20-28-19(18-11-6-12-35-18)30-31(20)23(25)29-21/h2-4,6-8,11-13,16-17,33H,5,9-10H2,1H3,(H2,25,29)(H,27,34)/t16-,17+,24?/m1/s1. The molecule has 0 spiro atoms. The molecule has 1 aliphatic rings. The number of aliphatic hydroxyl groups is 1. The third-order valence-corrected chi connectivity index (χ3v) is 6.77. The SMILES string of the molecule is CC(C(=O)N[C@@H]1CCC[C@@H]1O)(c1ccccc1)n1ncc2c1nc(N)n1nc(-c3ccco3)nc21. The number of rotatable bonds is 5. The van der Waals surface area contributed by atoms with Crippen molar-refractivity contribution in [2.24, 2.45) is 0 Å². The van der Waals surface area contributed by atoms with Gasteiger partial charge in [0, 0.05) is 0 Å². The summed E-state index contributed by atoms with van der Waals surface area (Å²) >= 11 is 0. The number of nitrogens with one attached hydrogen (secondary N) is 1. The normalized spacial score (nSPS) is 19.8. The number of aromatic nitrogens is 6. The number of nitrogens with zero attached hydrogens (tertiary/aromatic N) is 6. The van der Waals surface area contributed by atoms with Crippen LogP contribution in [0.3, 0.4) is 0 Å². The van der Waals surface area contributed by atoms with E-state index in [9.17, 15) is 9.90 Å². The first-order chi connectivity index (χ1) is 17.0. The summed E-state index contributed by atoms with van der Waals surface area (Å²) in [6, 6.07) is 12.5. The maximum Gasteiger partial charge on any atom is 0.252 e. The maximum atomic E-state index is 13.8. The Kier molecular flexibility index (Phi) is 4.81. The van der Waals surface area contributed by atoms with Gasteiger partial charge in [0.25, 0.3) is 5.91 Å². The lowest BCUT2D eigenvalue weighted by Crippen LogP contribution is -2.52. The molecule has 11 nitrogen and oxygen atoms in total. The van der Waals surface area contributed by atoms with Crippen LogP contribution in [-0.2, 0) is 10.3 Å². The lowest BCUT2D eigenvalue weighted by atomic mass is 9.90. The second-order valence-corrected chi connectivity index (χ2v) is 8.93. The molecule has 3 atom stereocenters. The molecule has 1 amide bonds. The van der Waals surface area contributed by atoms with Gasteiger partial charge in [0.1, 0.15) is 0 Å². The zero-order chi connectivity index (χ0) is 24.2. The number of anilines is 1. The van der Waals surface area contributed by atoms with Crippen LogP contribution >= 0.6 is 0 Å². The summed E-state index contributed by atoms with van der Waals surface area (Å²) in [7, 11) is 0. The van der Waals surface area contributed by atoms with Gasteiger partial charge in [0.15, 0.2) is 22.6 Å². The van der Waals surface area contributed by atoms with E-state index in [0.29, 0.717) is 40.2 Å². The first-order valence-corrected chi connectivity index (χ1v) is 11.5. The molecule has 0 saturated heterocycles. The number of fused-ring (bicyclic) bond motifs is 3. The molecule has 11 heteroatoms. The monoisotopic (exact) mass is 472 g/mol. The van der Waals surface area contributed by atoms with Crippen molar-refractivity contribution in [3.63, 3.8) is 0 Å². The minimum absolute atomic E-state index is 0.0987. The molecule has 5 aromatic rings. The highest BCUT2D eigenvalue weighted by molar-refractivity contribution is 5.94. The van der Waals surface area contributed by atoms with Crippen molar-refractivity contribution in [1.82, 2.24) is 34.7 Å². The van der Waals surface area contributed by atoms with Crippen LogP contribution in [0, 0.1) is 0 Å². The van der Waals surface area contributed by atoms with Crippen LogP contribution < -0.4 is 11.1 Å². The topological polar surface area (TPSA) is 149 Å². The number of hydrogen-bond donors (Lipinski definition) is 3. The maximum absolute atomic E-state index is 13.8. The molecule has 35 heavy (non-hydrogen) atoms. The van der Waals surface area contributed by atoms with Crippen molar-refractivity contribution in [2.45, 2.75) is 43.9 Å². The van der Waals surface area contributed by atoms with Crippen molar-refractivity contribution in [3.05, 3.63) is 60.5 Å². The van der Waals surface area contributed by atoms with E-state index in [1.807, 2.05) is 30.3 Å². The van der Waals surface area contributed by atoms with Crippen molar-refractivity contribution in [2.75, 3.05) is 5.73 Å². The number of carbonyl (C=O) groups is 1. The lowest BCUT2D eigenvalue weighted by molar-refractivity contribution is -0.129. The molecule has 0 radical (unpaired) electrons. The van der Waals surface area contributed by atoms with Gasteiger partial charge in [-0.1, -0.05) is 30.3 Å². The van der Waals surface area contributed by atoms with Gasteiger partial charge in [0.05, 0.1) is 30.0 Å². The Morgan fingerprint density at radius 3 is 2.71 bits per heavy atom. The van der Waals surface area contributed by atoms with E-state index in [-0.39, 0.29) is 17.9 Å². The summed E-state index contributed by atoms with van der Waals surface area (Å²) in [4.78, 5) is 23.0. The number of nitrogens with two attached hydrogens (primary N) is 1. The number of carbonyl (C=O) groups excluding carboxylic acids is 1. The van der Waals surface area contributed by atoms with Crippen LogP contribution in [0.15, 0.2) is 59.3 Å². The van der Waals surface area contributed by atoms with Crippen LogP contribution in [0.1, 0.15) is 31.7 Å². The van der Waals surface area contributed by atoms with Gasteiger partial charge in [-0.2, -0.15) is 14.6 Å². The van der Waals surface area contributed by atoms with E-state index in [1.54, 1.807) is 36.2 Å². The zero-order valence-electron chi connectivity index (χ0n) is 19.0. The average molecular weight is 473 g/mol. The third-order valence-electron chi connectivity index (χ3n) is 6.77. The molecule has 4 aromatic heterocycles. The molecule has 1 saturated carbocycles. The summed E-state index contributed by atoms with van der Waals surface area (Å²) in [6.45, 7) is 1.78. The van der Waals surface area contributed by atoms with E-state index in [0.717, 1.165) is 12.8 Å². The highest BCUT2D eigenvalue weighted by Crippen LogP contribution is 2.32. The highest BCUT2D eigenvalue weighted by atomic mass is 16.3. The smallest absolute Gasteiger partial charge is 0.252 e. The number of amides is 1. The Morgan fingerprint density at radius 1 is 1.17 bits per heavy atom. The van der Waals surface area contributed by atoms with Crippen LogP contribution in [-0.4, -0.2) is 52.5 Å². The number of hydrogen-bond acceptors (Lipinski definition) is 8. The first kappa shape index (κ1) is 21.3. The summed E-state index contributed by atoms with van der Waals surface area (Å²) in [5.41, 5.74) is 6.56. The van der Waals surface area contributed by atoms with Crippen molar-refractivity contribution < 1.29 is 14.3 Å². The summed E-state index contributed by atoms with van der Waals surface area (Å²) in [6.07, 6.45) is 4.83. The van der Waals surface area contributed by atoms with Crippen molar-refractivity contribution in [1.29, 1.82) is 0 Å². The minimum atomic E-state index is -1.27. The summed E-state index contributed by atoms with van der Waals surface area (Å²) in [5.74, 6) is 0.666. The molecule has 1 aromatic carbocycles. The van der Waals surface area contributed by atoms with Crippen LogP contribution in [0.5, 0.6) is 0 Å². The Hall–Kier alpha value is -4.25. The van der Waals surface area contributed by atoms with Gasteiger partial charge in [-0.05, 0) is 43.9 Å². The predicted octanol–water partition coefficient (Wildman–Crippen LogP) is 2.11. The Balaban J connectivity index is 1.53. The molecular formula is C24H24N8O3. The quantitative estimate of drug-likeness (QED) is 0.352. The minimum Gasteiger partial charge on any atom is -0.461 e. The highest BCUT2D eigenvalue weighted by Gasteiger charge is 2.42. The largest absolute Gasteiger partial charge is 0.461 e. The number of aliphatic hydroxyl groups excluding tert-OH is 1. The van der Waals surface area contributed by atoms with Gasteiger partial charge >= 0.3 is 0 Å². The van der Waals surface area contributed by atoms with E-state index < -0.39 is 11.6 Å². The molecule has 178 valence electrons. The number of benzene rings is 1. The van der Waals surface area contributed by atoms with Crippen molar-refractivity contribution in [3.8, 4) is 11.6 Å². The molecule has 6 rings (SSSR count). The fraction of sp³-hybridized carbons (Fsp3) is 0.292. The van der Waals surface area contributed by atoms with Gasteiger partial charge in [-0.25, -0.2) is 9.67 Å². The van der Waals surface area contributed by atoms with E-state index >= 15 is 0 Å². The molecule has 1 aliphatic carbocycles. The Labute approximate surface area is 199 Å². The van der Waals surface area contributed by atoms with Crippen LogP contribution in [0.4, 0.5) is 5.95 Å². The molecule has 1 fully saturated rings. The number of furan rings is 1. The molecule has 0 bridgehead atoms. The second kappa shape index (κ2) is 7.91. The zero-order valence-corrected chi connectivity index (χ0v) is 19.0. The van der Waals surface area contributed by atoms with E-state index in [1.165, 1.54) is 4.52 Å². The fourth-order valence-corrected chi connectivity index (χ4v) is 4.78. The summed E-state index contributed by atoms with van der Waals surface area (Å²) < 4.78 is 8.42. The van der Waals surface area contributed by atoms with E-state index in [2.05, 4.69) is 25.5 Å². The molecule has 4 N–H and O–H groups in total. The number of nitrogen functional groups attached to an aromatic ring is 1. The lowest BCUT2D eigenvalue weighted by Gasteiger charge is -2.31. The summed E-state index contributed by atoms with van der Waals surface area (Å²) in [5, 5.41) is 23.0. The molecule has 4 heterocycles. The van der Waals surface area contributed by atoms with Crippen molar-refractivity contribution >= 4 is 28.5 Å². The second-order valence-electron chi connectivity index (χ2n) is 8.93. The Bertz CT molecular complexity index is 1520. The van der Waals surface area contributed by atoms with Gasteiger partial charge in [-0.3, -0.25) is 4.79 Å². The third kappa shape index (κ3) is 3.27. The van der Waals surface area contributed by atoms with Gasteiger partial charge in [-0.15, -0.1) is 5.10 Å². The fourth-order valence-electron chi connectivity index (χ4n) is 4.78. The van der Waals surface area contributed by atoms with Gasteiger partial charge < -0.3 is 20.6 Å². The average Bonchev–Trinajstić information content (AvgIpc) is 3.66. The first-order valence-electron chi connectivity index (χ1n) is 11.5. The molecule has 1 unspecified atom stereocenters. The molecular weight excluding hydrogens is 448 g/mol. The van der Waals surface area contributed by atoms with Crippen LogP contribution in [0.2, 0.25) is 0 Å². The van der Waals surface area contributed by atoms with Gasteiger partial charge in [0.2, 0.25) is 11.8 Å². The predicted molar refractivity (Wildman–Crippen MR) is 127 cm³/mol. The van der Waals surface area contributed by atoms with E-state index in [4.69, 9.17) is 10.2 Å². The van der Waals surface area contributed by atoms with Crippen LogP contribution in [0.25, 0.3) is 28.3 Å². The molecule has 0 aliphatic heterocycles.